The van der Waals surface area contributed by atoms with E-state index in [0.29, 0.717) is 0 Å². The number of benzene rings is 9. The normalized spacial score (nSPS) is 11.9. The number of rotatable bonds is 5. The van der Waals surface area contributed by atoms with Gasteiger partial charge in [-0.1, -0.05) is 140 Å². The van der Waals surface area contributed by atoms with Crippen molar-refractivity contribution in [2.45, 2.75) is 0 Å². The van der Waals surface area contributed by atoms with E-state index in [0.717, 1.165) is 11.4 Å². The summed E-state index contributed by atoms with van der Waals surface area (Å²) in [5.74, 6) is 0. The number of hydrogen-bond donors (Lipinski definition) is 0. The average Bonchev–Trinajstić information content (AvgIpc) is 3.92. The van der Waals surface area contributed by atoms with E-state index in [4.69, 9.17) is 0 Å². The molecule has 0 fully saturated rings. The second kappa shape index (κ2) is 12.5. The van der Waals surface area contributed by atoms with Gasteiger partial charge in [0.1, 0.15) is 0 Å². The Morgan fingerprint density at radius 3 is 1.40 bits per heavy atom. The highest BCUT2D eigenvalue weighted by atomic mass is 15.0. The number of nitrogens with zero attached hydrogens (tertiary/aromatic N) is 3. The van der Waals surface area contributed by atoms with E-state index >= 15 is 0 Å². The summed E-state index contributed by atoms with van der Waals surface area (Å²) in [5, 5.41) is 7.50. The summed E-state index contributed by atoms with van der Waals surface area (Å²) in [7, 11) is 0. The quantitative estimate of drug-likeness (QED) is 0.168. The van der Waals surface area contributed by atoms with Crippen LogP contribution in [0.4, 0.5) is 0 Å². The van der Waals surface area contributed by atoms with E-state index < -0.39 is 0 Å². The lowest BCUT2D eigenvalue weighted by Gasteiger charge is -2.12. The van der Waals surface area contributed by atoms with E-state index in [9.17, 15) is 0 Å². The Morgan fingerprint density at radius 2 is 0.684 bits per heavy atom. The fourth-order valence-electron chi connectivity index (χ4n) is 9.34. The summed E-state index contributed by atoms with van der Waals surface area (Å²) >= 11 is 0. The summed E-state index contributed by atoms with van der Waals surface area (Å²) < 4.78 is 7.31. The molecule has 57 heavy (non-hydrogen) atoms. The van der Waals surface area contributed by atoms with Crippen LogP contribution in [0.2, 0.25) is 0 Å². The van der Waals surface area contributed by atoms with Crippen molar-refractivity contribution in [2.24, 2.45) is 0 Å². The van der Waals surface area contributed by atoms with Crippen LogP contribution in [0.3, 0.4) is 0 Å². The molecule has 0 aliphatic carbocycles. The fraction of sp³-hybridized carbons (Fsp3) is 0. The Morgan fingerprint density at radius 1 is 0.228 bits per heavy atom. The van der Waals surface area contributed by atoms with Gasteiger partial charge in [0.25, 0.3) is 0 Å². The van der Waals surface area contributed by atoms with Crippen molar-refractivity contribution in [3.8, 4) is 39.3 Å². The maximum Gasteiger partial charge on any atom is 0.0641 e. The highest BCUT2D eigenvalue weighted by Gasteiger charge is 2.21. The van der Waals surface area contributed by atoms with Crippen LogP contribution in [-0.2, 0) is 0 Å². The monoisotopic (exact) mass is 725 g/mol. The van der Waals surface area contributed by atoms with Crippen molar-refractivity contribution in [1.29, 1.82) is 0 Å². The predicted molar refractivity (Wildman–Crippen MR) is 240 cm³/mol. The zero-order chi connectivity index (χ0) is 37.5. The number of fused-ring (bicyclic) bond motifs is 10. The SMILES string of the molecule is c1ccc(-c2cccc(-n3c4ccccc4c4ccc5c(c6ccccc6n5-c5cccc(-c6ccc7c(c6)c6ccccc6n7-c6ccccc6)c5)c43)c2)cc1. The van der Waals surface area contributed by atoms with Gasteiger partial charge in [0.2, 0.25) is 0 Å². The molecule has 0 saturated carbocycles. The first-order valence-electron chi connectivity index (χ1n) is 19.6. The summed E-state index contributed by atoms with van der Waals surface area (Å²) in [6.45, 7) is 0. The first-order valence-corrected chi connectivity index (χ1v) is 19.6. The van der Waals surface area contributed by atoms with Crippen molar-refractivity contribution in [2.75, 3.05) is 0 Å². The molecule has 0 radical (unpaired) electrons. The fourth-order valence-corrected chi connectivity index (χ4v) is 9.34. The highest BCUT2D eigenvalue weighted by molar-refractivity contribution is 6.26. The molecule has 0 saturated heterocycles. The third-order valence-electron chi connectivity index (χ3n) is 11.8. The molecule has 3 nitrogen and oxygen atoms in total. The molecular weight excluding hydrogens is 691 g/mol. The molecular formula is C54H35N3. The van der Waals surface area contributed by atoms with Crippen LogP contribution in [0.15, 0.2) is 212 Å². The molecule has 0 N–H and O–H groups in total. The molecule has 0 spiro atoms. The Balaban J connectivity index is 1.08. The van der Waals surface area contributed by atoms with Crippen LogP contribution in [0, 0.1) is 0 Å². The van der Waals surface area contributed by atoms with Gasteiger partial charge < -0.3 is 13.7 Å². The second-order valence-electron chi connectivity index (χ2n) is 14.9. The van der Waals surface area contributed by atoms with Crippen LogP contribution < -0.4 is 0 Å². The van der Waals surface area contributed by atoms with Crippen molar-refractivity contribution < 1.29 is 0 Å². The lowest BCUT2D eigenvalue weighted by molar-refractivity contribution is 1.17. The Bertz CT molecular complexity index is 3510. The highest BCUT2D eigenvalue weighted by Crippen LogP contribution is 2.43. The van der Waals surface area contributed by atoms with E-state index in [-0.39, 0.29) is 0 Å². The third-order valence-corrected chi connectivity index (χ3v) is 11.8. The zero-order valence-electron chi connectivity index (χ0n) is 31.0. The minimum atomic E-state index is 1.14. The van der Waals surface area contributed by atoms with Crippen LogP contribution in [0.5, 0.6) is 0 Å². The molecule has 266 valence electrons. The molecule has 9 aromatic carbocycles. The summed E-state index contributed by atoms with van der Waals surface area (Å²) in [6.07, 6.45) is 0. The summed E-state index contributed by atoms with van der Waals surface area (Å²) in [6, 6.07) is 77.4. The predicted octanol–water partition coefficient (Wildman–Crippen LogP) is 14.3. The van der Waals surface area contributed by atoms with E-state index in [1.807, 2.05) is 0 Å². The Hall–Kier alpha value is -7.62. The summed E-state index contributed by atoms with van der Waals surface area (Å²) in [4.78, 5) is 0. The van der Waals surface area contributed by atoms with Gasteiger partial charge in [-0.25, -0.2) is 0 Å². The zero-order valence-corrected chi connectivity index (χ0v) is 31.0. The topological polar surface area (TPSA) is 14.8 Å². The van der Waals surface area contributed by atoms with Crippen LogP contribution in [-0.4, -0.2) is 13.7 Å². The molecule has 0 unspecified atom stereocenters. The molecule has 0 amide bonds. The van der Waals surface area contributed by atoms with Crippen LogP contribution >= 0.6 is 0 Å². The lowest BCUT2D eigenvalue weighted by atomic mass is 10.0. The van der Waals surface area contributed by atoms with Gasteiger partial charge in [0, 0.05) is 49.4 Å². The molecule has 0 aliphatic heterocycles. The largest absolute Gasteiger partial charge is 0.309 e. The lowest BCUT2D eigenvalue weighted by Crippen LogP contribution is -1.96. The van der Waals surface area contributed by atoms with Gasteiger partial charge in [-0.15, -0.1) is 0 Å². The average molecular weight is 726 g/mol. The van der Waals surface area contributed by atoms with Gasteiger partial charge in [-0.05, 0) is 95.1 Å². The minimum absolute atomic E-state index is 1.14. The van der Waals surface area contributed by atoms with E-state index in [1.54, 1.807) is 0 Å². The maximum atomic E-state index is 2.48. The molecule has 12 aromatic rings. The summed E-state index contributed by atoms with van der Waals surface area (Å²) in [5.41, 5.74) is 15.5. The first-order chi connectivity index (χ1) is 28.3. The maximum absolute atomic E-state index is 2.48. The smallest absolute Gasteiger partial charge is 0.0641 e. The van der Waals surface area contributed by atoms with Gasteiger partial charge in [-0.3, -0.25) is 0 Å². The minimum Gasteiger partial charge on any atom is -0.309 e. The van der Waals surface area contributed by atoms with Crippen molar-refractivity contribution >= 4 is 65.4 Å². The number of para-hydroxylation sites is 4. The number of hydrogen-bond acceptors (Lipinski definition) is 0. The molecule has 0 bridgehead atoms. The van der Waals surface area contributed by atoms with Crippen molar-refractivity contribution in [3.05, 3.63) is 212 Å². The van der Waals surface area contributed by atoms with Crippen LogP contribution in [0.25, 0.3) is 105 Å². The molecule has 3 heterocycles. The Labute approximate surface area is 329 Å². The van der Waals surface area contributed by atoms with E-state index in [1.165, 1.54) is 93.4 Å². The van der Waals surface area contributed by atoms with Gasteiger partial charge in [-0.2, -0.15) is 0 Å². The molecule has 0 atom stereocenters. The van der Waals surface area contributed by atoms with E-state index in [2.05, 4.69) is 226 Å². The van der Waals surface area contributed by atoms with Gasteiger partial charge in [0.05, 0.1) is 33.1 Å². The van der Waals surface area contributed by atoms with Crippen molar-refractivity contribution in [1.82, 2.24) is 13.7 Å². The van der Waals surface area contributed by atoms with Gasteiger partial charge >= 0.3 is 0 Å². The standard InChI is InChI=1S/C54H35N3/c1-3-15-36(16-4-1)37-17-13-22-42(33-37)57-49-27-11-7-23-43(49)45-30-32-52-53(54(45)57)46-25-9-12-28-50(46)56(52)41-21-14-18-38(34-41)39-29-31-51-47(35-39)44-24-8-10-26-48(44)55(51)40-19-5-2-6-20-40/h1-35H. The van der Waals surface area contributed by atoms with Crippen LogP contribution in [0.1, 0.15) is 0 Å². The molecule has 3 heteroatoms. The Kier molecular flexibility index (Phi) is 6.93. The molecule has 12 rings (SSSR count). The van der Waals surface area contributed by atoms with Gasteiger partial charge in [0.15, 0.2) is 0 Å². The molecule has 0 aliphatic rings. The number of aromatic nitrogens is 3. The third kappa shape index (κ3) is 4.79. The molecule has 3 aromatic heterocycles. The van der Waals surface area contributed by atoms with Crippen molar-refractivity contribution in [3.63, 3.8) is 0 Å². The first kappa shape index (κ1) is 31.7. The second-order valence-corrected chi connectivity index (χ2v) is 14.9.